The molecule has 2 aliphatic rings. The summed E-state index contributed by atoms with van der Waals surface area (Å²) in [6.07, 6.45) is 2.07. The minimum absolute atomic E-state index is 0.157. The van der Waals surface area contributed by atoms with Gasteiger partial charge in [0.2, 0.25) is 10.0 Å². The van der Waals surface area contributed by atoms with Gasteiger partial charge >= 0.3 is 0 Å². The van der Waals surface area contributed by atoms with Crippen LogP contribution in [0.15, 0.2) is 16.5 Å². The first-order chi connectivity index (χ1) is 9.92. The van der Waals surface area contributed by atoms with Crippen molar-refractivity contribution in [3.8, 4) is 0 Å². The fourth-order valence-electron chi connectivity index (χ4n) is 3.60. The van der Waals surface area contributed by atoms with Crippen LogP contribution in [0.5, 0.6) is 0 Å². The van der Waals surface area contributed by atoms with E-state index in [2.05, 4.69) is 4.90 Å². The first-order valence-electron chi connectivity index (χ1n) is 7.68. The van der Waals surface area contributed by atoms with Gasteiger partial charge in [0, 0.05) is 19.6 Å². The zero-order valence-electron chi connectivity index (χ0n) is 12.8. The minimum Gasteiger partial charge on any atom is -0.465 e. The number of nitrogens with zero attached hydrogens (tertiary/aromatic N) is 2. The highest BCUT2D eigenvalue weighted by Gasteiger charge is 2.46. The summed E-state index contributed by atoms with van der Waals surface area (Å²) >= 11 is 0. The van der Waals surface area contributed by atoms with E-state index >= 15 is 0 Å². The fraction of sp³-hybridized carbons (Fsp3) is 0.733. The van der Waals surface area contributed by atoms with Crippen LogP contribution >= 0.6 is 0 Å². The van der Waals surface area contributed by atoms with Crippen LogP contribution in [0.1, 0.15) is 31.3 Å². The molecule has 0 N–H and O–H groups in total. The van der Waals surface area contributed by atoms with Crippen LogP contribution in [0.25, 0.3) is 0 Å². The molecule has 0 amide bonds. The van der Waals surface area contributed by atoms with Gasteiger partial charge in [-0.3, -0.25) is 4.90 Å². The molecule has 1 atom stereocenters. The largest absolute Gasteiger partial charge is 0.465 e. The van der Waals surface area contributed by atoms with Crippen molar-refractivity contribution in [1.82, 2.24) is 9.21 Å². The molecule has 2 fully saturated rings. The molecule has 2 aliphatic heterocycles. The molecule has 0 aromatic carbocycles. The Bertz CT molecular complexity index is 610. The van der Waals surface area contributed by atoms with E-state index in [0.717, 1.165) is 44.0 Å². The highest BCUT2D eigenvalue weighted by atomic mass is 32.2. The average Bonchev–Trinajstić information content (AvgIpc) is 3.14. The molecule has 6 heteroatoms. The molecular weight excluding hydrogens is 288 g/mol. The summed E-state index contributed by atoms with van der Waals surface area (Å²) in [5.41, 5.74) is 0.157. The lowest BCUT2D eigenvalue weighted by Gasteiger charge is -2.24. The Balaban J connectivity index is 1.62. The molecule has 5 nitrogen and oxygen atoms in total. The lowest BCUT2D eigenvalue weighted by Crippen LogP contribution is -2.34. The first-order valence-corrected chi connectivity index (χ1v) is 9.29. The van der Waals surface area contributed by atoms with Gasteiger partial charge in [0.25, 0.3) is 0 Å². The number of rotatable bonds is 4. The van der Waals surface area contributed by atoms with Gasteiger partial charge in [-0.2, -0.15) is 0 Å². The highest BCUT2D eigenvalue weighted by Crippen LogP contribution is 2.40. The van der Waals surface area contributed by atoms with Crippen molar-refractivity contribution in [1.29, 1.82) is 0 Å². The van der Waals surface area contributed by atoms with Crippen LogP contribution in [0.4, 0.5) is 0 Å². The summed E-state index contributed by atoms with van der Waals surface area (Å²) in [5, 5.41) is 0. The standard InChI is InChI=1S/C15H24N2O3S/c1-3-21(18,19)17-9-7-15(12-17)6-8-16(11-15)10-14-5-4-13(2)20-14/h4-5H,3,6-12H2,1-2H3. The van der Waals surface area contributed by atoms with E-state index in [1.807, 2.05) is 19.1 Å². The molecular formula is C15H24N2O3S. The molecule has 3 heterocycles. The van der Waals surface area contributed by atoms with Gasteiger partial charge in [-0.05, 0) is 50.8 Å². The quantitative estimate of drug-likeness (QED) is 0.851. The zero-order valence-corrected chi connectivity index (χ0v) is 13.7. The second-order valence-corrected chi connectivity index (χ2v) is 8.71. The Morgan fingerprint density at radius 1 is 1.24 bits per heavy atom. The van der Waals surface area contributed by atoms with Crippen LogP contribution in [0.3, 0.4) is 0 Å². The summed E-state index contributed by atoms with van der Waals surface area (Å²) in [7, 11) is -3.04. The number of likely N-dealkylation sites (tertiary alicyclic amines) is 1. The van der Waals surface area contributed by atoms with Gasteiger partial charge in [-0.1, -0.05) is 0 Å². The van der Waals surface area contributed by atoms with Gasteiger partial charge in [0.05, 0.1) is 12.3 Å². The van der Waals surface area contributed by atoms with Crippen molar-refractivity contribution >= 4 is 10.0 Å². The van der Waals surface area contributed by atoms with Crippen LogP contribution in [0.2, 0.25) is 0 Å². The van der Waals surface area contributed by atoms with Gasteiger partial charge < -0.3 is 4.42 Å². The molecule has 0 saturated carbocycles. The van der Waals surface area contributed by atoms with Gasteiger partial charge in [-0.25, -0.2) is 12.7 Å². The van der Waals surface area contributed by atoms with Crippen molar-refractivity contribution < 1.29 is 12.8 Å². The van der Waals surface area contributed by atoms with Crippen molar-refractivity contribution in [3.63, 3.8) is 0 Å². The number of furan rings is 1. The van der Waals surface area contributed by atoms with E-state index in [4.69, 9.17) is 4.42 Å². The second kappa shape index (κ2) is 5.41. The Kier molecular flexibility index (Phi) is 3.88. The number of aryl methyl sites for hydroxylation is 1. The molecule has 1 aromatic rings. The maximum Gasteiger partial charge on any atom is 0.213 e. The summed E-state index contributed by atoms with van der Waals surface area (Å²) in [6, 6.07) is 4.02. The Morgan fingerprint density at radius 3 is 2.67 bits per heavy atom. The SMILES string of the molecule is CCS(=O)(=O)N1CCC2(CCN(Cc3ccc(C)o3)C2)C1. The maximum absolute atomic E-state index is 12.0. The first kappa shape index (κ1) is 15.1. The molecule has 118 valence electrons. The van der Waals surface area contributed by atoms with Gasteiger partial charge in [-0.15, -0.1) is 0 Å². The monoisotopic (exact) mass is 312 g/mol. The molecule has 21 heavy (non-hydrogen) atoms. The minimum atomic E-state index is -3.04. The fourth-order valence-corrected chi connectivity index (χ4v) is 4.81. The summed E-state index contributed by atoms with van der Waals surface area (Å²) in [5.74, 6) is 2.15. The van der Waals surface area contributed by atoms with Crippen molar-refractivity contribution in [3.05, 3.63) is 23.7 Å². The smallest absolute Gasteiger partial charge is 0.213 e. The van der Waals surface area contributed by atoms with E-state index in [1.165, 1.54) is 0 Å². The third-order valence-electron chi connectivity index (χ3n) is 4.85. The Hall–Kier alpha value is -0.850. The Labute approximate surface area is 127 Å². The van der Waals surface area contributed by atoms with Crippen LogP contribution < -0.4 is 0 Å². The van der Waals surface area contributed by atoms with Crippen LogP contribution in [-0.4, -0.2) is 49.6 Å². The summed E-state index contributed by atoms with van der Waals surface area (Å²) in [6.45, 7) is 7.89. The lowest BCUT2D eigenvalue weighted by molar-refractivity contribution is 0.244. The van der Waals surface area contributed by atoms with Gasteiger partial charge in [0.15, 0.2) is 0 Å². The second-order valence-electron chi connectivity index (χ2n) is 6.46. The predicted octanol–water partition coefficient (Wildman–Crippen LogP) is 1.84. The third kappa shape index (κ3) is 3.03. The topological polar surface area (TPSA) is 53.8 Å². The highest BCUT2D eigenvalue weighted by molar-refractivity contribution is 7.89. The van der Waals surface area contributed by atoms with E-state index in [1.54, 1.807) is 11.2 Å². The number of hydrogen-bond donors (Lipinski definition) is 0. The average molecular weight is 312 g/mol. The molecule has 1 aromatic heterocycles. The predicted molar refractivity (Wildman–Crippen MR) is 81.4 cm³/mol. The lowest BCUT2D eigenvalue weighted by atomic mass is 9.87. The van der Waals surface area contributed by atoms with E-state index < -0.39 is 10.0 Å². The molecule has 0 radical (unpaired) electrons. The van der Waals surface area contributed by atoms with E-state index in [9.17, 15) is 8.42 Å². The van der Waals surface area contributed by atoms with Crippen LogP contribution in [-0.2, 0) is 16.6 Å². The molecule has 2 saturated heterocycles. The zero-order chi connectivity index (χ0) is 15.1. The van der Waals surface area contributed by atoms with E-state index in [0.29, 0.717) is 13.1 Å². The Morgan fingerprint density at radius 2 is 2.00 bits per heavy atom. The number of sulfonamides is 1. The molecule has 3 rings (SSSR count). The summed E-state index contributed by atoms with van der Waals surface area (Å²) in [4.78, 5) is 2.39. The third-order valence-corrected chi connectivity index (χ3v) is 6.68. The van der Waals surface area contributed by atoms with Crippen molar-refractivity contribution in [2.45, 2.75) is 33.2 Å². The normalized spacial score (nSPS) is 27.9. The van der Waals surface area contributed by atoms with Gasteiger partial charge in [0.1, 0.15) is 11.5 Å². The molecule has 1 unspecified atom stereocenters. The van der Waals surface area contributed by atoms with E-state index in [-0.39, 0.29) is 11.2 Å². The van der Waals surface area contributed by atoms with Crippen molar-refractivity contribution in [2.24, 2.45) is 5.41 Å². The van der Waals surface area contributed by atoms with Crippen molar-refractivity contribution in [2.75, 3.05) is 31.9 Å². The van der Waals surface area contributed by atoms with Crippen LogP contribution in [0, 0.1) is 12.3 Å². The number of hydrogen-bond acceptors (Lipinski definition) is 4. The maximum atomic E-state index is 12.0. The molecule has 1 spiro atoms. The molecule has 0 bridgehead atoms. The molecule has 0 aliphatic carbocycles. The summed E-state index contributed by atoms with van der Waals surface area (Å²) < 4.78 is 31.4.